The average Bonchev–Trinajstić information content (AvgIpc) is 3.33. The fraction of sp³-hybridized carbons (Fsp3) is 0.308. The van der Waals surface area contributed by atoms with Crippen LogP contribution in [0.2, 0.25) is 0 Å². The number of benzene rings is 5. The first-order chi connectivity index (χ1) is 31.9. The second-order valence-corrected chi connectivity index (χ2v) is 16.8. The van der Waals surface area contributed by atoms with Gasteiger partial charge in [0.05, 0.1) is 30.8 Å². The molecular formula is C52H58N6O8. The normalized spacial score (nSPS) is 14.0. The van der Waals surface area contributed by atoms with Crippen LogP contribution in [0.15, 0.2) is 126 Å². The number of amides is 3. The highest BCUT2D eigenvalue weighted by atomic mass is 16.6. The van der Waals surface area contributed by atoms with Crippen LogP contribution in [0.5, 0.6) is 11.5 Å². The van der Waals surface area contributed by atoms with E-state index in [9.17, 15) is 29.4 Å². The van der Waals surface area contributed by atoms with Crippen LogP contribution >= 0.6 is 0 Å². The smallest absolute Gasteiger partial charge is 0.411 e. The van der Waals surface area contributed by atoms with Gasteiger partial charge in [0.1, 0.15) is 17.6 Å². The molecule has 0 saturated carbocycles. The molecule has 0 bridgehead atoms. The van der Waals surface area contributed by atoms with Gasteiger partial charge in [0.2, 0.25) is 17.4 Å². The zero-order valence-corrected chi connectivity index (χ0v) is 37.6. The van der Waals surface area contributed by atoms with Crippen molar-refractivity contribution in [2.75, 3.05) is 50.6 Å². The molecule has 1 fully saturated rings. The molecule has 1 aliphatic rings. The van der Waals surface area contributed by atoms with Gasteiger partial charge in [-0.2, -0.15) is 0 Å². The summed E-state index contributed by atoms with van der Waals surface area (Å²) in [7, 11) is 3.34. The van der Waals surface area contributed by atoms with Crippen molar-refractivity contribution in [2.45, 2.75) is 63.8 Å². The van der Waals surface area contributed by atoms with Crippen molar-refractivity contribution in [1.29, 1.82) is 0 Å². The minimum Gasteiger partial charge on any atom is -0.506 e. The summed E-state index contributed by atoms with van der Waals surface area (Å²) in [5, 5.41) is 31.1. The second kappa shape index (κ2) is 22.3. The second-order valence-electron chi connectivity index (χ2n) is 16.8. The van der Waals surface area contributed by atoms with E-state index in [1.807, 2.05) is 104 Å². The van der Waals surface area contributed by atoms with E-state index in [2.05, 4.69) is 25.8 Å². The van der Waals surface area contributed by atoms with Gasteiger partial charge in [-0.25, -0.2) is 4.79 Å². The molecule has 1 aromatic heterocycles. The van der Waals surface area contributed by atoms with E-state index < -0.39 is 12.2 Å². The van der Waals surface area contributed by atoms with E-state index in [1.165, 1.54) is 12.1 Å². The quantitative estimate of drug-likeness (QED) is 0.0521. The molecule has 2 unspecified atom stereocenters. The predicted octanol–water partition coefficient (Wildman–Crippen LogP) is 7.09. The van der Waals surface area contributed by atoms with E-state index in [0.29, 0.717) is 61.2 Å². The highest BCUT2D eigenvalue weighted by Gasteiger charge is 2.24. The largest absolute Gasteiger partial charge is 0.506 e. The lowest BCUT2D eigenvalue weighted by Crippen LogP contribution is -2.40. The Morgan fingerprint density at radius 2 is 1.62 bits per heavy atom. The number of nitrogens with one attached hydrogen (secondary N) is 4. The minimum absolute atomic E-state index is 0.00722. The Balaban J connectivity index is 0.814. The SMILES string of the molecule is COc1ccc(CC(C)NCC(O)c2ccc(O)c3[nH]c(=O)ccc23)cc1CC(=O)NCc1ccc(N(C)C(=O)CCN2CCC(OC(=O)Nc3ccccc3-c3ccccc3)CC2)cc1. The third-order valence-corrected chi connectivity index (χ3v) is 12.0. The topological polar surface area (TPSA) is 186 Å². The summed E-state index contributed by atoms with van der Waals surface area (Å²) in [4.78, 5) is 57.5. The lowest BCUT2D eigenvalue weighted by molar-refractivity contribution is -0.120. The number of H-pyrrole nitrogens is 1. The van der Waals surface area contributed by atoms with E-state index in [4.69, 9.17) is 9.47 Å². The van der Waals surface area contributed by atoms with Crippen LogP contribution in [0.25, 0.3) is 22.0 Å². The van der Waals surface area contributed by atoms with Gasteiger partial charge in [-0.15, -0.1) is 0 Å². The number of piperidine rings is 1. The van der Waals surface area contributed by atoms with E-state index in [1.54, 1.807) is 31.2 Å². The summed E-state index contributed by atoms with van der Waals surface area (Å²) >= 11 is 0. The molecule has 0 radical (unpaired) electrons. The van der Waals surface area contributed by atoms with E-state index in [0.717, 1.165) is 46.6 Å². The molecule has 0 spiro atoms. The molecule has 2 heterocycles. The van der Waals surface area contributed by atoms with Gasteiger partial charge in [-0.3, -0.25) is 19.7 Å². The monoisotopic (exact) mass is 894 g/mol. The molecule has 66 heavy (non-hydrogen) atoms. The zero-order chi connectivity index (χ0) is 46.6. The third-order valence-electron chi connectivity index (χ3n) is 12.0. The molecule has 1 saturated heterocycles. The van der Waals surface area contributed by atoms with Crippen molar-refractivity contribution in [3.63, 3.8) is 0 Å². The molecule has 344 valence electrons. The Hall–Kier alpha value is -7.00. The summed E-state index contributed by atoms with van der Waals surface area (Å²) in [6, 6.07) is 36.9. The van der Waals surface area contributed by atoms with Crippen LogP contribution in [0, 0.1) is 0 Å². The maximum absolute atomic E-state index is 13.2. The lowest BCUT2D eigenvalue weighted by Gasteiger charge is -2.31. The number of aromatic hydroxyl groups is 1. The highest BCUT2D eigenvalue weighted by molar-refractivity contribution is 5.93. The fourth-order valence-electron chi connectivity index (χ4n) is 8.34. The standard InChI is InChI=1S/C52H58N6O8/c1-34(53-33-46(60)42-18-20-45(59)51-43(42)19-22-48(61)56-51)29-36-15-21-47(65-3)38(30-36)31-49(62)54-32-35-13-16-39(17-14-35)57(2)50(63)25-28-58-26-23-40(24-27-58)66-52(64)55-44-12-8-7-11-41(44)37-9-5-4-6-10-37/h4-22,30,34,40,46,53,59-60H,23-29,31-33H2,1-3H3,(H,54,62)(H,55,64)(H,56,61). The zero-order valence-electron chi connectivity index (χ0n) is 37.6. The molecule has 5 aromatic carbocycles. The number of nitrogens with zero attached hydrogens (tertiary/aromatic N) is 2. The number of aromatic nitrogens is 1. The molecule has 6 N–H and O–H groups in total. The Bertz CT molecular complexity index is 2660. The molecule has 1 aliphatic heterocycles. The van der Waals surface area contributed by atoms with Gasteiger partial charge in [-0.1, -0.05) is 78.9 Å². The van der Waals surface area contributed by atoms with Crippen molar-refractivity contribution in [1.82, 2.24) is 20.5 Å². The first-order valence-corrected chi connectivity index (χ1v) is 22.3. The van der Waals surface area contributed by atoms with Crippen molar-refractivity contribution >= 4 is 40.2 Å². The van der Waals surface area contributed by atoms with Gasteiger partial charge >= 0.3 is 6.09 Å². The Morgan fingerprint density at radius 1 is 0.894 bits per heavy atom. The molecule has 2 atom stereocenters. The number of aliphatic hydroxyl groups excluding tert-OH is 1. The summed E-state index contributed by atoms with van der Waals surface area (Å²) in [6.07, 6.45) is 0.917. The maximum Gasteiger partial charge on any atom is 0.411 e. The minimum atomic E-state index is -0.886. The number of aliphatic hydroxyl groups is 1. The number of phenolic OH excluding ortho intramolecular Hbond substituents is 1. The van der Waals surface area contributed by atoms with Crippen LogP contribution < -0.4 is 31.1 Å². The molecule has 7 rings (SSSR count). The number of anilines is 2. The number of hydrogen-bond acceptors (Lipinski definition) is 10. The highest BCUT2D eigenvalue weighted by Crippen LogP contribution is 2.30. The molecule has 14 nitrogen and oxygen atoms in total. The molecule has 14 heteroatoms. The summed E-state index contributed by atoms with van der Waals surface area (Å²) in [6.45, 7) is 4.63. The van der Waals surface area contributed by atoms with Crippen molar-refractivity contribution in [3.05, 3.63) is 154 Å². The van der Waals surface area contributed by atoms with Gasteiger partial charge < -0.3 is 45.1 Å². The average molecular weight is 895 g/mol. The molecule has 3 amide bonds. The lowest BCUT2D eigenvalue weighted by atomic mass is 10.0. The maximum atomic E-state index is 13.2. The Kier molecular flexibility index (Phi) is 15.8. The number of methoxy groups -OCH3 is 1. The number of carbonyl (C=O) groups excluding carboxylic acids is 3. The van der Waals surface area contributed by atoms with Gasteiger partial charge in [0, 0.05) is 80.5 Å². The number of rotatable bonds is 18. The molecule has 0 aliphatic carbocycles. The van der Waals surface area contributed by atoms with Crippen molar-refractivity contribution < 1.29 is 34.1 Å². The number of hydrogen-bond donors (Lipinski definition) is 6. The number of para-hydroxylation sites is 1. The number of likely N-dealkylation sites (tertiary alicyclic amines) is 1. The van der Waals surface area contributed by atoms with E-state index in [-0.39, 0.29) is 53.8 Å². The number of aromatic amines is 1. The van der Waals surface area contributed by atoms with Gasteiger partial charge in [0.15, 0.2) is 0 Å². The first-order valence-electron chi connectivity index (χ1n) is 22.3. The summed E-state index contributed by atoms with van der Waals surface area (Å²) in [5.74, 6) is 0.376. The van der Waals surface area contributed by atoms with E-state index >= 15 is 0 Å². The van der Waals surface area contributed by atoms with Crippen LogP contribution in [0.3, 0.4) is 0 Å². The Labute approximate surface area is 384 Å². The Morgan fingerprint density at radius 3 is 2.38 bits per heavy atom. The van der Waals surface area contributed by atoms with Crippen molar-refractivity contribution in [3.8, 4) is 22.6 Å². The first kappa shape index (κ1) is 47.0. The number of pyridine rings is 1. The number of phenols is 1. The molecular weight excluding hydrogens is 837 g/mol. The number of ether oxygens (including phenoxy) is 2. The van der Waals surface area contributed by atoms with Crippen molar-refractivity contribution in [2.24, 2.45) is 0 Å². The van der Waals surface area contributed by atoms with Crippen LogP contribution in [0.1, 0.15) is 54.5 Å². The summed E-state index contributed by atoms with van der Waals surface area (Å²) in [5.41, 5.74) is 6.56. The van der Waals surface area contributed by atoms with Gasteiger partial charge in [0.25, 0.3) is 0 Å². The predicted molar refractivity (Wildman–Crippen MR) is 257 cm³/mol. The third kappa shape index (κ3) is 12.4. The number of carbonyl (C=O) groups is 3. The van der Waals surface area contributed by atoms with Gasteiger partial charge in [-0.05, 0) is 84.8 Å². The van der Waals surface area contributed by atoms with Crippen LogP contribution in [-0.2, 0) is 33.7 Å². The molecule has 6 aromatic rings. The van der Waals surface area contributed by atoms with Crippen LogP contribution in [-0.4, -0.2) is 90.5 Å². The fourth-order valence-corrected chi connectivity index (χ4v) is 8.34. The summed E-state index contributed by atoms with van der Waals surface area (Å²) < 4.78 is 11.4. The van der Waals surface area contributed by atoms with Crippen LogP contribution in [0.4, 0.5) is 16.2 Å². The number of fused-ring (bicyclic) bond motifs is 1.